The summed E-state index contributed by atoms with van der Waals surface area (Å²) in [4.78, 5) is 11.3. The molecule has 1 aromatic carbocycles. The van der Waals surface area contributed by atoms with Crippen molar-refractivity contribution >= 4 is 5.97 Å². The number of carbonyl (C=O) groups is 1. The summed E-state index contributed by atoms with van der Waals surface area (Å²) in [6.45, 7) is 3.66. The van der Waals surface area contributed by atoms with Crippen LogP contribution in [0.4, 0.5) is 0 Å². The highest BCUT2D eigenvalue weighted by Crippen LogP contribution is 2.26. The zero-order valence-corrected chi connectivity index (χ0v) is 10.5. The minimum atomic E-state index is -0.634. The minimum absolute atomic E-state index is 0.0870. The minimum Gasteiger partial charge on any atom is -0.479 e. The largest absolute Gasteiger partial charge is 0.479 e. The molecule has 0 saturated heterocycles. The second-order valence-corrected chi connectivity index (χ2v) is 3.84. The Balaban J connectivity index is 2.87. The van der Waals surface area contributed by atoms with Gasteiger partial charge in [0.1, 0.15) is 5.75 Å². The molecule has 0 aliphatic carbocycles. The number of hydrogen-bond acceptors (Lipinski definition) is 4. The SMILES string of the molecule is CC[C@@H](N)c1ccccc1OC(C)C(=O)OC. The molecule has 2 atom stereocenters. The summed E-state index contributed by atoms with van der Waals surface area (Å²) in [7, 11) is 1.34. The molecule has 0 saturated carbocycles. The Labute approximate surface area is 102 Å². The highest BCUT2D eigenvalue weighted by molar-refractivity contribution is 5.74. The fourth-order valence-corrected chi connectivity index (χ4v) is 1.52. The first-order chi connectivity index (χ1) is 8.10. The van der Waals surface area contributed by atoms with Crippen molar-refractivity contribution in [3.05, 3.63) is 29.8 Å². The molecule has 17 heavy (non-hydrogen) atoms. The summed E-state index contributed by atoms with van der Waals surface area (Å²) in [6.07, 6.45) is 0.178. The van der Waals surface area contributed by atoms with Crippen molar-refractivity contribution in [2.24, 2.45) is 5.73 Å². The molecule has 0 bridgehead atoms. The molecule has 0 fully saturated rings. The number of carbonyl (C=O) groups excluding carboxylic acids is 1. The highest BCUT2D eigenvalue weighted by Gasteiger charge is 2.17. The third kappa shape index (κ3) is 3.46. The van der Waals surface area contributed by atoms with E-state index in [2.05, 4.69) is 4.74 Å². The summed E-state index contributed by atoms with van der Waals surface area (Å²) in [5.74, 6) is 0.240. The molecular formula is C13H19NO3. The van der Waals surface area contributed by atoms with Gasteiger partial charge >= 0.3 is 5.97 Å². The third-order valence-corrected chi connectivity index (χ3v) is 2.60. The van der Waals surface area contributed by atoms with Crippen molar-refractivity contribution in [3.8, 4) is 5.75 Å². The van der Waals surface area contributed by atoms with E-state index in [-0.39, 0.29) is 6.04 Å². The first-order valence-electron chi connectivity index (χ1n) is 5.69. The van der Waals surface area contributed by atoms with Crippen LogP contribution in [0.2, 0.25) is 0 Å². The molecule has 1 aromatic rings. The van der Waals surface area contributed by atoms with Crippen LogP contribution in [0.1, 0.15) is 31.9 Å². The van der Waals surface area contributed by atoms with Crippen molar-refractivity contribution < 1.29 is 14.3 Å². The molecule has 0 radical (unpaired) electrons. The van der Waals surface area contributed by atoms with Crippen LogP contribution in [0.3, 0.4) is 0 Å². The van der Waals surface area contributed by atoms with Gasteiger partial charge in [0.25, 0.3) is 0 Å². The molecule has 0 heterocycles. The highest BCUT2D eigenvalue weighted by atomic mass is 16.6. The van der Waals surface area contributed by atoms with Crippen molar-refractivity contribution in [2.75, 3.05) is 7.11 Å². The average molecular weight is 237 g/mol. The summed E-state index contributed by atoms with van der Waals surface area (Å²) >= 11 is 0. The molecule has 94 valence electrons. The molecule has 0 aromatic heterocycles. The predicted molar refractivity (Wildman–Crippen MR) is 65.8 cm³/mol. The Morgan fingerprint density at radius 1 is 1.41 bits per heavy atom. The molecule has 0 aliphatic heterocycles. The number of methoxy groups -OCH3 is 1. The molecule has 1 rings (SSSR count). The van der Waals surface area contributed by atoms with Gasteiger partial charge in [-0.15, -0.1) is 0 Å². The van der Waals surface area contributed by atoms with Crippen molar-refractivity contribution in [2.45, 2.75) is 32.4 Å². The molecular weight excluding hydrogens is 218 g/mol. The standard InChI is InChI=1S/C13H19NO3/c1-4-11(14)10-7-5-6-8-12(10)17-9(2)13(15)16-3/h5-9,11H,4,14H2,1-3H3/t9?,11-/m1/s1. The van der Waals surface area contributed by atoms with E-state index in [0.717, 1.165) is 12.0 Å². The number of ether oxygens (including phenoxy) is 2. The Morgan fingerprint density at radius 2 is 2.06 bits per heavy atom. The van der Waals surface area contributed by atoms with Gasteiger partial charge < -0.3 is 15.2 Å². The number of nitrogens with two attached hydrogens (primary N) is 1. The smallest absolute Gasteiger partial charge is 0.346 e. The first kappa shape index (κ1) is 13.5. The zero-order chi connectivity index (χ0) is 12.8. The van der Waals surface area contributed by atoms with Gasteiger partial charge in [-0.1, -0.05) is 25.1 Å². The lowest BCUT2D eigenvalue weighted by Crippen LogP contribution is -2.26. The maximum absolute atomic E-state index is 11.3. The van der Waals surface area contributed by atoms with Gasteiger partial charge in [0.15, 0.2) is 6.10 Å². The van der Waals surface area contributed by atoms with Gasteiger partial charge in [0, 0.05) is 11.6 Å². The number of benzene rings is 1. The van der Waals surface area contributed by atoms with Gasteiger partial charge in [-0.05, 0) is 19.4 Å². The van der Waals surface area contributed by atoms with Crippen LogP contribution >= 0.6 is 0 Å². The van der Waals surface area contributed by atoms with E-state index in [0.29, 0.717) is 5.75 Å². The third-order valence-electron chi connectivity index (χ3n) is 2.60. The Kier molecular flexibility index (Phi) is 4.97. The van der Waals surface area contributed by atoms with Crippen molar-refractivity contribution in [1.29, 1.82) is 0 Å². The number of rotatable bonds is 5. The molecule has 4 nitrogen and oxygen atoms in total. The van der Waals surface area contributed by atoms with Crippen molar-refractivity contribution in [1.82, 2.24) is 0 Å². The van der Waals surface area contributed by atoms with Gasteiger partial charge in [0.05, 0.1) is 7.11 Å². The van der Waals surface area contributed by atoms with Gasteiger partial charge in [-0.2, -0.15) is 0 Å². The second kappa shape index (κ2) is 6.25. The van der Waals surface area contributed by atoms with E-state index < -0.39 is 12.1 Å². The molecule has 0 aliphatic rings. The molecule has 1 unspecified atom stereocenters. The molecule has 4 heteroatoms. The average Bonchev–Trinajstić information content (AvgIpc) is 2.37. The summed E-state index contributed by atoms with van der Waals surface area (Å²) < 4.78 is 10.2. The number of esters is 1. The van der Waals surface area contributed by atoms with E-state index in [4.69, 9.17) is 10.5 Å². The number of para-hydroxylation sites is 1. The summed E-state index contributed by atoms with van der Waals surface area (Å²) in [5.41, 5.74) is 6.89. The lowest BCUT2D eigenvalue weighted by Gasteiger charge is -2.18. The van der Waals surface area contributed by atoms with E-state index in [1.54, 1.807) is 6.92 Å². The molecule has 0 spiro atoms. The lowest BCUT2D eigenvalue weighted by molar-refractivity contribution is -0.147. The maximum atomic E-state index is 11.3. The maximum Gasteiger partial charge on any atom is 0.346 e. The summed E-state index contributed by atoms with van der Waals surface area (Å²) in [6, 6.07) is 7.39. The second-order valence-electron chi connectivity index (χ2n) is 3.84. The fraction of sp³-hybridized carbons (Fsp3) is 0.462. The van der Waals surface area contributed by atoms with Crippen LogP contribution in [-0.2, 0) is 9.53 Å². The van der Waals surface area contributed by atoms with E-state index in [9.17, 15) is 4.79 Å². The quantitative estimate of drug-likeness (QED) is 0.796. The van der Waals surface area contributed by atoms with Gasteiger partial charge in [-0.3, -0.25) is 0 Å². The first-order valence-corrected chi connectivity index (χ1v) is 5.69. The van der Waals surface area contributed by atoms with E-state index >= 15 is 0 Å². The van der Waals surface area contributed by atoms with Gasteiger partial charge in [-0.25, -0.2) is 4.79 Å². The van der Waals surface area contributed by atoms with E-state index in [1.165, 1.54) is 7.11 Å². The van der Waals surface area contributed by atoms with Crippen LogP contribution in [0, 0.1) is 0 Å². The zero-order valence-electron chi connectivity index (χ0n) is 10.5. The van der Waals surface area contributed by atoms with Crippen LogP contribution < -0.4 is 10.5 Å². The Bertz CT molecular complexity index is 379. The van der Waals surface area contributed by atoms with Crippen LogP contribution in [0.5, 0.6) is 5.75 Å². The predicted octanol–water partition coefficient (Wildman–Crippen LogP) is 2.04. The van der Waals surface area contributed by atoms with Crippen LogP contribution in [-0.4, -0.2) is 19.2 Å². The van der Waals surface area contributed by atoms with Crippen LogP contribution in [0.15, 0.2) is 24.3 Å². The topological polar surface area (TPSA) is 61.5 Å². The van der Waals surface area contributed by atoms with Crippen LogP contribution in [0.25, 0.3) is 0 Å². The normalized spacial score (nSPS) is 13.9. The fourth-order valence-electron chi connectivity index (χ4n) is 1.52. The van der Waals surface area contributed by atoms with E-state index in [1.807, 2.05) is 31.2 Å². The molecule has 2 N–H and O–H groups in total. The Hall–Kier alpha value is -1.55. The lowest BCUT2D eigenvalue weighted by atomic mass is 10.0. The Morgan fingerprint density at radius 3 is 2.65 bits per heavy atom. The van der Waals surface area contributed by atoms with Gasteiger partial charge in [0.2, 0.25) is 0 Å². The number of hydrogen-bond donors (Lipinski definition) is 1. The summed E-state index contributed by atoms with van der Waals surface area (Å²) in [5, 5.41) is 0. The molecule has 0 amide bonds. The monoisotopic (exact) mass is 237 g/mol. The van der Waals surface area contributed by atoms with Crippen molar-refractivity contribution in [3.63, 3.8) is 0 Å².